The van der Waals surface area contributed by atoms with Gasteiger partial charge in [0, 0.05) is 44.1 Å². The molecule has 4 fully saturated rings. The Hall–Kier alpha value is -6.31. The molecule has 3 saturated heterocycles. The number of methoxy groups -OCH3 is 2. The topological polar surface area (TPSA) is 151 Å². The number of carbonyl (C=O) groups excluding carboxylic acids is 1. The van der Waals surface area contributed by atoms with Crippen LogP contribution in [0, 0.1) is 30.4 Å². The summed E-state index contributed by atoms with van der Waals surface area (Å²) < 4.78 is 126. The number of carbonyl (C=O) groups is 1. The van der Waals surface area contributed by atoms with Crippen molar-refractivity contribution < 1.29 is 54.8 Å². The molecule has 6 heterocycles. The molecule has 1 saturated carbocycles. The Kier molecular flexibility index (Phi) is 13.5. The van der Waals surface area contributed by atoms with E-state index in [1.54, 1.807) is 81.1 Å². The summed E-state index contributed by atoms with van der Waals surface area (Å²) in [7, 11) is 3.00. The van der Waals surface area contributed by atoms with Gasteiger partial charge in [-0.25, -0.2) is 27.9 Å². The molecule has 3 aliphatic heterocycles. The largest absolute Gasteiger partial charge is 0.497 e. The lowest BCUT2D eigenvalue weighted by molar-refractivity contribution is -0.138. The predicted octanol–water partition coefficient (Wildman–Crippen LogP) is 10.3. The normalized spacial score (nSPS) is 23.2. The molecule has 0 spiro atoms. The molecule has 20 heteroatoms. The van der Waals surface area contributed by atoms with Gasteiger partial charge in [-0.1, -0.05) is 31.2 Å². The Balaban J connectivity index is 1.20. The van der Waals surface area contributed by atoms with Crippen LogP contribution in [0.2, 0.25) is 0 Å². The molecule has 3 aromatic heterocycles. The molecular weight excluding hydrogens is 947 g/mol. The van der Waals surface area contributed by atoms with Gasteiger partial charge >= 0.3 is 18.3 Å². The molecule has 1 unspecified atom stereocenters. The standard InChI is InChI=1S/C52H60F6N8O6/c1-9-35-37(34-21-36(34)66(35)49(67)72-50(4,5)6)28(3)71-47-39-44(62-48(63-45(39)59)70-26-51-19-10-20-65(51)25-31(53)22-51)42(55)43(61-47)38-40(52(56,57)58)27(2)60-46(41(38)54)64(23-29-11-15-32(68-7)16-12-29)24-30-13-17-33(69-8)18-14-30/h11-18,28,31,34-37H,9-10,19-26H2,1-8H3,(H2,59,62,63)/t28-,31+,34?,35-,36-,37-,51-/m0/s1. The molecule has 386 valence electrons. The van der Waals surface area contributed by atoms with Gasteiger partial charge in [0.1, 0.15) is 58.4 Å². The number of rotatable bonds is 15. The Morgan fingerprint density at radius 2 is 1.58 bits per heavy atom. The van der Waals surface area contributed by atoms with Crippen molar-refractivity contribution in [3.05, 3.63) is 82.5 Å². The van der Waals surface area contributed by atoms with Crippen molar-refractivity contribution in [3.8, 4) is 34.6 Å². The fourth-order valence-electron chi connectivity index (χ4n) is 11.3. The van der Waals surface area contributed by atoms with Crippen molar-refractivity contribution in [3.63, 3.8) is 0 Å². The molecule has 2 N–H and O–H groups in total. The number of nitrogen functional groups attached to an aromatic ring is 1. The summed E-state index contributed by atoms with van der Waals surface area (Å²) in [5.74, 6) is -3.63. The summed E-state index contributed by atoms with van der Waals surface area (Å²) in [4.78, 5) is 36.2. The van der Waals surface area contributed by atoms with Gasteiger partial charge in [-0.15, -0.1) is 0 Å². The Morgan fingerprint density at radius 3 is 2.17 bits per heavy atom. The first-order valence-corrected chi connectivity index (χ1v) is 24.3. The number of aromatic nitrogens is 4. The molecule has 2 aromatic carbocycles. The third-order valence-corrected chi connectivity index (χ3v) is 14.5. The van der Waals surface area contributed by atoms with Crippen molar-refractivity contribution in [2.45, 2.75) is 128 Å². The monoisotopic (exact) mass is 1010 g/mol. The minimum Gasteiger partial charge on any atom is -0.497 e. The highest BCUT2D eigenvalue weighted by atomic mass is 19.4. The maximum absolute atomic E-state index is 18.0. The second kappa shape index (κ2) is 19.3. The van der Waals surface area contributed by atoms with Crippen molar-refractivity contribution in [2.75, 3.05) is 44.5 Å². The second-order valence-electron chi connectivity index (χ2n) is 20.4. The SMILES string of the molecule is CC[C@H]1[C@@H]([C@H](C)Oc2nc(-c3c(F)c(N(Cc4ccc(OC)cc4)Cc4ccc(OC)cc4)nc(C)c3C(F)(F)F)c(F)c3nc(OC[C@@]45CCCN4C[C@H](F)C5)nc(N)c23)C2C[C@@H]2N1C(=O)OC(C)(C)C. The number of aryl methyl sites for hydroxylation is 1. The van der Waals surface area contributed by atoms with E-state index in [4.69, 9.17) is 29.4 Å². The van der Waals surface area contributed by atoms with Crippen LogP contribution in [0.5, 0.6) is 23.4 Å². The lowest BCUT2D eigenvalue weighted by Gasteiger charge is -2.35. The smallest absolute Gasteiger partial charge is 0.418 e. The lowest BCUT2D eigenvalue weighted by atomic mass is 9.90. The summed E-state index contributed by atoms with van der Waals surface area (Å²) in [6.45, 7) is 10.7. The van der Waals surface area contributed by atoms with Crippen molar-refractivity contribution in [2.24, 2.45) is 11.8 Å². The summed E-state index contributed by atoms with van der Waals surface area (Å²) in [6, 6.07) is 12.7. The van der Waals surface area contributed by atoms with Gasteiger partial charge in [0.15, 0.2) is 17.5 Å². The number of benzene rings is 2. The zero-order valence-electron chi connectivity index (χ0n) is 41.6. The molecule has 14 nitrogen and oxygen atoms in total. The quantitative estimate of drug-likeness (QED) is 0.0992. The van der Waals surface area contributed by atoms with Crippen LogP contribution in [-0.2, 0) is 24.0 Å². The van der Waals surface area contributed by atoms with E-state index in [-0.39, 0.29) is 67.8 Å². The third-order valence-electron chi connectivity index (χ3n) is 14.5. The van der Waals surface area contributed by atoms with Gasteiger partial charge in [0.2, 0.25) is 5.88 Å². The summed E-state index contributed by atoms with van der Waals surface area (Å²) in [6.07, 6.45) is -4.92. The minimum absolute atomic E-state index is 0.0339. The molecule has 5 aromatic rings. The molecule has 9 rings (SSSR count). The van der Waals surface area contributed by atoms with E-state index in [9.17, 15) is 9.18 Å². The number of amides is 1. The zero-order chi connectivity index (χ0) is 51.6. The third kappa shape index (κ3) is 9.69. The lowest BCUT2D eigenvalue weighted by Crippen LogP contribution is -2.46. The van der Waals surface area contributed by atoms with Gasteiger partial charge in [-0.05, 0) is 108 Å². The van der Waals surface area contributed by atoms with E-state index in [2.05, 4.69) is 19.9 Å². The van der Waals surface area contributed by atoms with E-state index in [0.717, 1.165) is 13.3 Å². The van der Waals surface area contributed by atoms with Crippen molar-refractivity contribution in [1.82, 2.24) is 29.7 Å². The molecule has 4 aliphatic rings. The average Bonchev–Trinajstić information content (AvgIpc) is 3.71. The Morgan fingerprint density at radius 1 is 0.944 bits per heavy atom. The first-order chi connectivity index (χ1) is 34.1. The van der Waals surface area contributed by atoms with Crippen molar-refractivity contribution in [1.29, 1.82) is 0 Å². The maximum atomic E-state index is 18.0. The summed E-state index contributed by atoms with van der Waals surface area (Å²) in [5, 5.41) is -0.288. The van der Waals surface area contributed by atoms with Gasteiger partial charge in [0.25, 0.3) is 0 Å². The molecular formula is C52H60F6N8O6. The maximum Gasteiger partial charge on any atom is 0.418 e. The first-order valence-electron chi connectivity index (χ1n) is 24.3. The number of alkyl halides is 4. The number of anilines is 2. The van der Waals surface area contributed by atoms with Crippen LogP contribution in [-0.4, -0.2) is 105 Å². The van der Waals surface area contributed by atoms with Gasteiger partial charge in [-0.3, -0.25) is 4.90 Å². The Labute approximate surface area is 414 Å². The number of fused-ring (bicyclic) bond motifs is 3. The van der Waals surface area contributed by atoms with Crippen LogP contribution in [0.15, 0.2) is 48.5 Å². The van der Waals surface area contributed by atoms with Crippen LogP contribution in [0.4, 0.5) is 42.8 Å². The number of hydrogen-bond donors (Lipinski definition) is 1. The van der Waals surface area contributed by atoms with Crippen LogP contribution >= 0.6 is 0 Å². The highest BCUT2D eigenvalue weighted by Gasteiger charge is 2.62. The van der Waals surface area contributed by atoms with E-state index in [0.29, 0.717) is 48.4 Å². The fourth-order valence-corrected chi connectivity index (χ4v) is 11.3. The average molecular weight is 1010 g/mol. The molecule has 0 bridgehead atoms. The number of nitrogens with zero attached hydrogens (tertiary/aromatic N) is 7. The van der Waals surface area contributed by atoms with Crippen LogP contribution < -0.4 is 29.6 Å². The van der Waals surface area contributed by atoms with E-state index in [1.165, 1.54) is 19.1 Å². The molecule has 1 aliphatic carbocycles. The highest BCUT2D eigenvalue weighted by Crippen LogP contribution is 2.55. The van der Waals surface area contributed by atoms with E-state index >= 15 is 22.0 Å². The fraction of sp³-hybridized carbons (Fsp3) is 0.519. The van der Waals surface area contributed by atoms with Crippen LogP contribution in [0.3, 0.4) is 0 Å². The number of hydrogen-bond acceptors (Lipinski definition) is 13. The second-order valence-corrected chi connectivity index (χ2v) is 20.4. The van der Waals surface area contributed by atoms with Crippen molar-refractivity contribution >= 4 is 28.6 Å². The number of ether oxygens (including phenoxy) is 5. The number of piperidine rings is 1. The number of pyridine rings is 2. The highest BCUT2D eigenvalue weighted by molar-refractivity contribution is 5.96. The summed E-state index contributed by atoms with van der Waals surface area (Å²) >= 11 is 0. The Bertz CT molecular complexity index is 2780. The van der Waals surface area contributed by atoms with Gasteiger partial charge in [-0.2, -0.15) is 23.1 Å². The molecule has 1 amide bonds. The summed E-state index contributed by atoms with van der Waals surface area (Å²) in [5.41, 5.74) is 1.25. The van der Waals surface area contributed by atoms with Gasteiger partial charge < -0.3 is 39.2 Å². The van der Waals surface area contributed by atoms with E-state index in [1.807, 2.05) is 11.8 Å². The number of halogens is 6. The van der Waals surface area contributed by atoms with Crippen LogP contribution in [0.25, 0.3) is 22.2 Å². The number of nitrogens with two attached hydrogens (primary N) is 1. The predicted molar refractivity (Wildman–Crippen MR) is 257 cm³/mol. The molecule has 0 radical (unpaired) electrons. The van der Waals surface area contributed by atoms with Gasteiger partial charge in [0.05, 0.1) is 36.6 Å². The first kappa shape index (κ1) is 50.6. The number of likely N-dealkylation sites (tertiary alicyclic amines) is 1. The van der Waals surface area contributed by atoms with Crippen LogP contribution in [0.1, 0.15) is 89.1 Å². The van der Waals surface area contributed by atoms with E-state index < -0.39 is 93.1 Å². The zero-order valence-corrected chi connectivity index (χ0v) is 41.6. The molecule has 72 heavy (non-hydrogen) atoms. The molecule has 7 atom stereocenters. The minimum atomic E-state index is -5.29.